The van der Waals surface area contributed by atoms with Crippen molar-refractivity contribution in [3.05, 3.63) is 24.3 Å². The predicted molar refractivity (Wildman–Crippen MR) is 99.7 cm³/mol. The van der Waals surface area contributed by atoms with E-state index in [9.17, 15) is 9.59 Å². The van der Waals surface area contributed by atoms with Crippen molar-refractivity contribution in [1.82, 2.24) is 5.32 Å². The van der Waals surface area contributed by atoms with Gasteiger partial charge in [0.1, 0.15) is 5.75 Å². The van der Waals surface area contributed by atoms with Crippen molar-refractivity contribution in [2.75, 3.05) is 11.9 Å². The summed E-state index contributed by atoms with van der Waals surface area (Å²) in [6, 6.07) is 7.23. The minimum Gasteiger partial charge on any atom is -0.494 e. The third-order valence-corrected chi connectivity index (χ3v) is 4.76. The van der Waals surface area contributed by atoms with Crippen LogP contribution in [0.2, 0.25) is 0 Å². The van der Waals surface area contributed by atoms with Gasteiger partial charge in [-0.3, -0.25) is 9.59 Å². The maximum absolute atomic E-state index is 12.1. The molecule has 0 aliphatic heterocycles. The Morgan fingerprint density at radius 3 is 2.48 bits per heavy atom. The molecule has 2 amide bonds. The van der Waals surface area contributed by atoms with E-state index >= 15 is 0 Å². The average molecular weight is 346 g/mol. The summed E-state index contributed by atoms with van der Waals surface area (Å²) in [5.41, 5.74) is 0.595. The van der Waals surface area contributed by atoms with E-state index in [2.05, 4.69) is 24.5 Å². The Balaban J connectivity index is 1.78. The van der Waals surface area contributed by atoms with Crippen molar-refractivity contribution in [1.29, 1.82) is 0 Å². The SMILES string of the molecule is CCCCCOc1ccc(NC(=O)C(=O)N[C@H]2CCCC[C@H]2C)cc1. The first-order chi connectivity index (χ1) is 12.1. The molecule has 5 nitrogen and oxygen atoms in total. The van der Waals surface area contributed by atoms with Crippen molar-refractivity contribution >= 4 is 17.5 Å². The molecule has 0 heterocycles. The van der Waals surface area contributed by atoms with E-state index in [-0.39, 0.29) is 6.04 Å². The maximum Gasteiger partial charge on any atom is 0.313 e. The van der Waals surface area contributed by atoms with E-state index < -0.39 is 11.8 Å². The number of rotatable bonds is 7. The minimum atomic E-state index is -0.616. The van der Waals surface area contributed by atoms with E-state index in [0.29, 0.717) is 18.2 Å². The fraction of sp³-hybridized carbons (Fsp3) is 0.600. The van der Waals surface area contributed by atoms with Crippen LogP contribution in [0.15, 0.2) is 24.3 Å². The molecule has 1 aromatic carbocycles. The highest BCUT2D eigenvalue weighted by molar-refractivity contribution is 6.39. The molecule has 0 saturated heterocycles. The molecular formula is C20H30N2O3. The first-order valence-corrected chi connectivity index (χ1v) is 9.45. The number of ether oxygens (including phenoxy) is 1. The number of benzene rings is 1. The molecule has 138 valence electrons. The van der Waals surface area contributed by atoms with Gasteiger partial charge in [0.05, 0.1) is 6.61 Å². The summed E-state index contributed by atoms with van der Waals surface area (Å²) in [5, 5.41) is 5.51. The van der Waals surface area contributed by atoms with Gasteiger partial charge in [-0.2, -0.15) is 0 Å². The number of unbranched alkanes of at least 4 members (excludes halogenated alkanes) is 2. The summed E-state index contributed by atoms with van der Waals surface area (Å²) in [6.07, 6.45) is 7.72. The summed E-state index contributed by atoms with van der Waals surface area (Å²) in [4.78, 5) is 24.2. The topological polar surface area (TPSA) is 67.4 Å². The molecule has 5 heteroatoms. The molecule has 0 radical (unpaired) electrons. The number of amides is 2. The van der Waals surface area contributed by atoms with Crippen molar-refractivity contribution in [3.8, 4) is 5.75 Å². The second-order valence-electron chi connectivity index (χ2n) is 6.88. The fourth-order valence-electron chi connectivity index (χ4n) is 3.13. The number of anilines is 1. The van der Waals surface area contributed by atoms with Gasteiger partial charge < -0.3 is 15.4 Å². The number of nitrogens with one attached hydrogen (secondary N) is 2. The van der Waals surface area contributed by atoms with Gasteiger partial charge in [-0.25, -0.2) is 0 Å². The number of hydrogen-bond acceptors (Lipinski definition) is 3. The Kier molecular flexibility index (Phi) is 7.76. The highest BCUT2D eigenvalue weighted by Crippen LogP contribution is 2.23. The molecule has 1 saturated carbocycles. The lowest BCUT2D eigenvalue weighted by molar-refractivity contribution is -0.137. The second kappa shape index (κ2) is 10.1. The highest BCUT2D eigenvalue weighted by Gasteiger charge is 2.25. The summed E-state index contributed by atoms with van der Waals surface area (Å²) in [7, 11) is 0. The van der Waals surface area contributed by atoms with Gasteiger partial charge in [-0.15, -0.1) is 0 Å². The molecule has 1 fully saturated rings. The monoisotopic (exact) mass is 346 g/mol. The van der Waals surface area contributed by atoms with Crippen LogP contribution in [0, 0.1) is 5.92 Å². The van der Waals surface area contributed by atoms with E-state index in [0.717, 1.165) is 44.3 Å². The zero-order valence-electron chi connectivity index (χ0n) is 15.3. The predicted octanol–water partition coefficient (Wildman–Crippen LogP) is 3.89. The summed E-state index contributed by atoms with van der Waals surface area (Å²) >= 11 is 0. The van der Waals surface area contributed by atoms with Crippen LogP contribution in [-0.4, -0.2) is 24.5 Å². The Morgan fingerprint density at radius 1 is 1.08 bits per heavy atom. The first-order valence-electron chi connectivity index (χ1n) is 9.45. The van der Waals surface area contributed by atoms with E-state index in [1.807, 2.05) is 12.1 Å². The third-order valence-electron chi connectivity index (χ3n) is 4.76. The van der Waals surface area contributed by atoms with Crippen LogP contribution in [0.25, 0.3) is 0 Å². The molecular weight excluding hydrogens is 316 g/mol. The number of carbonyl (C=O) groups excluding carboxylic acids is 2. The molecule has 0 unspecified atom stereocenters. The Labute approximate surface area is 150 Å². The second-order valence-corrected chi connectivity index (χ2v) is 6.88. The van der Waals surface area contributed by atoms with Crippen LogP contribution >= 0.6 is 0 Å². The van der Waals surface area contributed by atoms with Crippen molar-refractivity contribution in [2.45, 2.75) is 64.8 Å². The molecule has 0 bridgehead atoms. The zero-order chi connectivity index (χ0) is 18.1. The average Bonchev–Trinajstić information content (AvgIpc) is 2.62. The molecule has 0 spiro atoms. The van der Waals surface area contributed by atoms with Crippen LogP contribution in [0.1, 0.15) is 58.8 Å². The van der Waals surface area contributed by atoms with Gasteiger partial charge >= 0.3 is 11.8 Å². The molecule has 1 aliphatic rings. The van der Waals surface area contributed by atoms with E-state index in [1.54, 1.807) is 12.1 Å². The van der Waals surface area contributed by atoms with Gasteiger partial charge in [-0.1, -0.05) is 39.5 Å². The van der Waals surface area contributed by atoms with Crippen LogP contribution in [0.3, 0.4) is 0 Å². The molecule has 2 rings (SSSR count). The van der Waals surface area contributed by atoms with E-state index in [4.69, 9.17) is 4.74 Å². The third kappa shape index (κ3) is 6.40. The van der Waals surface area contributed by atoms with Gasteiger partial charge in [0, 0.05) is 11.7 Å². The molecule has 2 atom stereocenters. The maximum atomic E-state index is 12.1. The zero-order valence-corrected chi connectivity index (χ0v) is 15.3. The summed E-state index contributed by atoms with van der Waals surface area (Å²) in [6.45, 7) is 4.98. The molecule has 1 aliphatic carbocycles. The van der Waals surface area contributed by atoms with E-state index in [1.165, 1.54) is 6.42 Å². The Bertz CT molecular complexity index is 557. The van der Waals surface area contributed by atoms with Gasteiger partial charge in [0.2, 0.25) is 0 Å². The quantitative estimate of drug-likeness (QED) is 0.581. The molecule has 25 heavy (non-hydrogen) atoms. The molecule has 1 aromatic rings. The van der Waals surface area contributed by atoms with Gasteiger partial charge in [0.15, 0.2) is 0 Å². The molecule has 0 aromatic heterocycles. The minimum absolute atomic E-state index is 0.103. The normalized spacial score (nSPS) is 19.9. The number of hydrogen-bond donors (Lipinski definition) is 2. The van der Waals surface area contributed by atoms with Crippen LogP contribution in [0.4, 0.5) is 5.69 Å². The van der Waals surface area contributed by atoms with Crippen LogP contribution in [-0.2, 0) is 9.59 Å². The lowest BCUT2D eigenvalue weighted by Crippen LogP contribution is -2.45. The summed E-state index contributed by atoms with van der Waals surface area (Å²) < 4.78 is 5.64. The Morgan fingerprint density at radius 2 is 1.80 bits per heavy atom. The standard InChI is InChI=1S/C20H30N2O3/c1-3-4-7-14-25-17-12-10-16(11-13-17)21-19(23)20(24)22-18-9-6-5-8-15(18)2/h10-13,15,18H,3-9,14H2,1-2H3,(H,21,23)(H,22,24)/t15-,18+/m1/s1. The van der Waals surface area contributed by atoms with Gasteiger partial charge in [-0.05, 0) is 49.4 Å². The smallest absolute Gasteiger partial charge is 0.313 e. The van der Waals surface area contributed by atoms with Crippen molar-refractivity contribution < 1.29 is 14.3 Å². The Hall–Kier alpha value is -2.04. The van der Waals surface area contributed by atoms with Crippen LogP contribution < -0.4 is 15.4 Å². The van der Waals surface area contributed by atoms with Gasteiger partial charge in [0.25, 0.3) is 0 Å². The largest absolute Gasteiger partial charge is 0.494 e. The fourth-order valence-corrected chi connectivity index (χ4v) is 3.13. The van der Waals surface area contributed by atoms with Crippen molar-refractivity contribution in [2.24, 2.45) is 5.92 Å². The number of carbonyl (C=O) groups is 2. The highest BCUT2D eigenvalue weighted by atomic mass is 16.5. The summed E-state index contributed by atoms with van der Waals surface area (Å²) in [5.74, 6) is 0.0252. The molecule has 2 N–H and O–H groups in total. The first kappa shape index (κ1) is 19.3. The lowest BCUT2D eigenvalue weighted by atomic mass is 9.86. The van der Waals surface area contributed by atoms with Crippen molar-refractivity contribution in [3.63, 3.8) is 0 Å². The lowest BCUT2D eigenvalue weighted by Gasteiger charge is -2.29. The van der Waals surface area contributed by atoms with Crippen LogP contribution in [0.5, 0.6) is 5.75 Å².